The molecule has 1 aromatic carbocycles. The topological polar surface area (TPSA) is 37.4 Å². The van der Waals surface area contributed by atoms with Gasteiger partial charge in [-0.25, -0.2) is 8.51 Å². The molecule has 0 aliphatic carbocycles. The second kappa shape index (κ2) is 4.48. The van der Waals surface area contributed by atoms with Crippen molar-refractivity contribution in [3.8, 4) is 0 Å². The normalized spacial score (nSPS) is 12.9. The van der Waals surface area contributed by atoms with Gasteiger partial charge < -0.3 is 0 Å². The van der Waals surface area contributed by atoms with Gasteiger partial charge in [0.15, 0.2) is 5.78 Å². The van der Waals surface area contributed by atoms with Crippen LogP contribution in [0.4, 0.5) is 0 Å². The number of benzene rings is 1. The molecule has 4 heteroatoms. The van der Waals surface area contributed by atoms with Crippen LogP contribution < -0.4 is 0 Å². The Morgan fingerprint density at radius 2 is 2.00 bits per heavy atom. The third kappa shape index (κ3) is 2.49. The maximum atomic E-state index is 11.6. The molecule has 0 N–H and O–H groups in total. The van der Waals surface area contributed by atoms with E-state index in [1.807, 2.05) is 0 Å². The maximum absolute atomic E-state index is 11.6. The Labute approximate surface area is 86.3 Å². The fourth-order valence-corrected chi connectivity index (χ4v) is 1.88. The van der Waals surface area contributed by atoms with Crippen LogP contribution in [-0.4, -0.2) is 28.4 Å². The van der Waals surface area contributed by atoms with E-state index in [9.17, 15) is 9.00 Å². The average molecular weight is 211 g/mol. The predicted molar refractivity (Wildman–Crippen MR) is 56.5 cm³/mol. The number of carbonyl (C=O) groups is 1. The fraction of sp³-hybridized carbons (Fsp3) is 0.300. The molecule has 0 saturated heterocycles. The lowest BCUT2D eigenvalue weighted by Gasteiger charge is -2.09. The minimum atomic E-state index is -1.18. The van der Waals surface area contributed by atoms with E-state index in [4.69, 9.17) is 0 Å². The molecule has 14 heavy (non-hydrogen) atoms. The highest BCUT2D eigenvalue weighted by atomic mass is 32.2. The summed E-state index contributed by atoms with van der Waals surface area (Å²) in [7, 11) is 2.28. The highest BCUT2D eigenvalue weighted by molar-refractivity contribution is 7.82. The van der Waals surface area contributed by atoms with Crippen LogP contribution in [0.15, 0.2) is 29.2 Å². The molecule has 1 unspecified atom stereocenters. The molecule has 0 aliphatic heterocycles. The minimum Gasteiger partial charge on any atom is -0.295 e. The SMILES string of the molecule is CC(=O)c1cccc(S(=O)N(C)C)c1. The number of hydrogen-bond acceptors (Lipinski definition) is 2. The van der Waals surface area contributed by atoms with Crippen LogP contribution in [0.5, 0.6) is 0 Å². The smallest absolute Gasteiger partial charge is 0.159 e. The van der Waals surface area contributed by atoms with Crippen LogP contribution in [0.2, 0.25) is 0 Å². The number of carbonyl (C=O) groups excluding carboxylic acids is 1. The number of rotatable bonds is 3. The Morgan fingerprint density at radius 3 is 2.50 bits per heavy atom. The Bertz CT molecular complexity index is 374. The summed E-state index contributed by atoms with van der Waals surface area (Å²) in [5.74, 6) is -0.0115. The van der Waals surface area contributed by atoms with Gasteiger partial charge in [0.05, 0.1) is 4.90 Å². The zero-order valence-corrected chi connectivity index (χ0v) is 9.30. The first-order chi connectivity index (χ1) is 6.52. The quantitative estimate of drug-likeness (QED) is 0.710. The van der Waals surface area contributed by atoms with Gasteiger partial charge in [-0.2, -0.15) is 0 Å². The van der Waals surface area contributed by atoms with E-state index in [0.29, 0.717) is 10.5 Å². The molecule has 76 valence electrons. The summed E-state index contributed by atoms with van der Waals surface area (Å²) in [6.07, 6.45) is 0. The van der Waals surface area contributed by atoms with Crippen molar-refractivity contribution in [1.82, 2.24) is 4.31 Å². The fourth-order valence-electron chi connectivity index (χ4n) is 1.03. The van der Waals surface area contributed by atoms with Gasteiger partial charge in [0.2, 0.25) is 0 Å². The summed E-state index contributed by atoms with van der Waals surface area (Å²) >= 11 is 0. The van der Waals surface area contributed by atoms with Crippen molar-refractivity contribution in [2.45, 2.75) is 11.8 Å². The Morgan fingerprint density at radius 1 is 1.36 bits per heavy atom. The summed E-state index contributed by atoms with van der Waals surface area (Å²) < 4.78 is 13.2. The number of Topliss-reactive ketones (excluding diaryl/α,β-unsaturated/α-hetero) is 1. The van der Waals surface area contributed by atoms with Crippen LogP contribution in [-0.2, 0) is 11.0 Å². The highest BCUT2D eigenvalue weighted by Crippen LogP contribution is 2.11. The van der Waals surface area contributed by atoms with E-state index in [2.05, 4.69) is 0 Å². The summed E-state index contributed by atoms with van der Waals surface area (Å²) in [6.45, 7) is 1.50. The molecule has 1 aromatic rings. The number of nitrogens with zero attached hydrogens (tertiary/aromatic N) is 1. The first kappa shape index (κ1) is 11.1. The molecule has 0 fully saturated rings. The van der Waals surface area contributed by atoms with Gasteiger partial charge in [-0.05, 0) is 33.2 Å². The third-order valence-corrected chi connectivity index (χ3v) is 3.09. The Hall–Kier alpha value is -1.00. The molecule has 0 amide bonds. The van der Waals surface area contributed by atoms with Crippen molar-refractivity contribution in [2.24, 2.45) is 0 Å². The molecule has 0 heterocycles. The van der Waals surface area contributed by atoms with Crippen molar-refractivity contribution in [1.29, 1.82) is 0 Å². The minimum absolute atomic E-state index is 0.0115. The lowest BCUT2D eigenvalue weighted by Crippen LogP contribution is -2.15. The van der Waals surface area contributed by atoms with Crippen LogP contribution in [0.1, 0.15) is 17.3 Å². The van der Waals surface area contributed by atoms with E-state index in [1.165, 1.54) is 6.92 Å². The first-order valence-corrected chi connectivity index (χ1v) is 5.33. The molecule has 0 bridgehead atoms. The van der Waals surface area contributed by atoms with Gasteiger partial charge in [0, 0.05) is 5.56 Å². The van der Waals surface area contributed by atoms with Crippen molar-refractivity contribution in [2.75, 3.05) is 14.1 Å². The molecular weight excluding hydrogens is 198 g/mol. The van der Waals surface area contributed by atoms with Gasteiger partial charge in [-0.15, -0.1) is 0 Å². The zero-order chi connectivity index (χ0) is 10.7. The summed E-state index contributed by atoms with van der Waals surface area (Å²) in [5.41, 5.74) is 0.595. The molecule has 0 aliphatic rings. The highest BCUT2D eigenvalue weighted by Gasteiger charge is 2.08. The molecule has 3 nitrogen and oxygen atoms in total. The summed E-state index contributed by atoms with van der Waals surface area (Å²) in [4.78, 5) is 11.7. The molecule has 0 radical (unpaired) electrons. The predicted octanol–water partition coefficient (Wildman–Crippen LogP) is 1.47. The third-order valence-electron chi connectivity index (χ3n) is 1.77. The van der Waals surface area contributed by atoms with Crippen molar-refractivity contribution < 1.29 is 9.00 Å². The van der Waals surface area contributed by atoms with Gasteiger partial charge in [0.1, 0.15) is 11.0 Å². The van der Waals surface area contributed by atoms with Crippen LogP contribution in [0, 0.1) is 0 Å². The Kier molecular flexibility index (Phi) is 3.55. The summed E-state index contributed by atoms with van der Waals surface area (Å²) in [6, 6.07) is 6.88. The Balaban J connectivity index is 3.06. The number of ketones is 1. The van der Waals surface area contributed by atoms with Crippen molar-refractivity contribution >= 4 is 16.8 Å². The van der Waals surface area contributed by atoms with Crippen LogP contribution in [0.3, 0.4) is 0 Å². The molecule has 0 aromatic heterocycles. The van der Waals surface area contributed by atoms with Gasteiger partial charge >= 0.3 is 0 Å². The van der Waals surface area contributed by atoms with Crippen LogP contribution >= 0.6 is 0 Å². The van der Waals surface area contributed by atoms with Crippen molar-refractivity contribution in [3.05, 3.63) is 29.8 Å². The molecular formula is C10H13NO2S. The van der Waals surface area contributed by atoms with Gasteiger partial charge in [-0.1, -0.05) is 12.1 Å². The lowest BCUT2D eigenvalue weighted by atomic mass is 10.2. The monoisotopic (exact) mass is 211 g/mol. The summed E-state index contributed by atoms with van der Waals surface area (Å²) in [5, 5.41) is 0. The molecule has 1 rings (SSSR count). The van der Waals surface area contributed by atoms with E-state index < -0.39 is 11.0 Å². The second-order valence-electron chi connectivity index (χ2n) is 3.15. The maximum Gasteiger partial charge on any atom is 0.159 e. The second-order valence-corrected chi connectivity index (χ2v) is 4.85. The van der Waals surface area contributed by atoms with Gasteiger partial charge in [-0.3, -0.25) is 4.79 Å². The van der Waals surface area contributed by atoms with E-state index >= 15 is 0 Å². The average Bonchev–Trinajstić information content (AvgIpc) is 2.16. The molecule has 1 atom stereocenters. The first-order valence-electron chi connectivity index (χ1n) is 4.22. The van der Waals surface area contributed by atoms with E-state index in [0.717, 1.165) is 0 Å². The molecule has 0 saturated carbocycles. The zero-order valence-electron chi connectivity index (χ0n) is 8.48. The standard InChI is InChI=1S/C10H13NO2S/c1-8(12)9-5-4-6-10(7-9)14(13)11(2)3/h4-7H,1-3H3. The van der Waals surface area contributed by atoms with Gasteiger partial charge in [0.25, 0.3) is 0 Å². The number of hydrogen-bond donors (Lipinski definition) is 0. The largest absolute Gasteiger partial charge is 0.295 e. The van der Waals surface area contributed by atoms with Crippen molar-refractivity contribution in [3.63, 3.8) is 0 Å². The van der Waals surface area contributed by atoms with E-state index in [-0.39, 0.29) is 5.78 Å². The lowest BCUT2D eigenvalue weighted by molar-refractivity contribution is 0.101. The van der Waals surface area contributed by atoms with E-state index in [1.54, 1.807) is 42.7 Å². The van der Waals surface area contributed by atoms with Crippen LogP contribution in [0.25, 0.3) is 0 Å². The molecule has 0 spiro atoms.